The monoisotopic (exact) mass is 504 g/mol. The number of carbonyl (C=O) groups is 2. The van der Waals surface area contributed by atoms with Gasteiger partial charge in [0.15, 0.2) is 0 Å². The molecule has 0 atom stereocenters. The van der Waals surface area contributed by atoms with Gasteiger partial charge >= 0.3 is 0 Å². The molecular weight excluding hydrogens is 464 g/mol. The molecule has 0 unspecified atom stereocenters. The van der Waals surface area contributed by atoms with Gasteiger partial charge in [0, 0.05) is 56.9 Å². The fourth-order valence-corrected chi connectivity index (χ4v) is 6.02. The Morgan fingerprint density at radius 1 is 0.811 bits per heavy atom. The van der Waals surface area contributed by atoms with Crippen LogP contribution in [0.1, 0.15) is 55.8 Å². The molecule has 37 heavy (non-hydrogen) atoms. The molecule has 1 saturated carbocycles. The number of piperazine rings is 1. The molecule has 5 rings (SSSR count). The number of hydrogen-bond acceptors (Lipinski definition) is 5. The molecule has 198 valence electrons. The molecular formula is C30H40N4O3. The van der Waals surface area contributed by atoms with Crippen molar-refractivity contribution in [3.05, 3.63) is 54.1 Å². The van der Waals surface area contributed by atoms with Gasteiger partial charge in [0.05, 0.1) is 17.9 Å². The lowest BCUT2D eigenvalue weighted by molar-refractivity contribution is -0.125. The van der Waals surface area contributed by atoms with Crippen LogP contribution in [0.5, 0.6) is 5.75 Å². The summed E-state index contributed by atoms with van der Waals surface area (Å²) >= 11 is 0. The van der Waals surface area contributed by atoms with Crippen molar-refractivity contribution in [3.8, 4) is 5.75 Å². The number of piperidine rings is 1. The van der Waals surface area contributed by atoms with Crippen molar-refractivity contribution >= 4 is 23.2 Å². The third-order valence-corrected chi connectivity index (χ3v) is 8.12. The van der Waals surface area contributed by atoms with Gasteiger partial charge in [0.2, 0.25) is 5.91 Å². The number of carbonyl (C=O) groups excluding carboxylic acids is 2. The standard InChI is InChI=1S/C30H40N4O3/c1-2-37-28-14-8-7-13-27(28)33-19-21-34(22-20-33)30(36)25-11-5-6-12-26(25)32-17-15-24(16-18-32)31-29(35)23-9-3-4-10-23/h5-8,11-14,23-24H,2-4,9-10,15-22H2,1H3,(H,31,35). The van der Waals surface area contributed by atoms with Crippen LogP contribution in [-0.4, -0.2) is 68.6 Å². The molecule has 0 bridgehead atoms. The van der Waals surface area contributed by atoms with Crippen molar-refractivity contribution in [2.75, 3.05) is 55.7 Å². The van der Waals surface area contributed by atoms with Crippen LogP contribution in [0.4, 0.5) is 11.4 Å². The number of benzene rings is 2. The normalized spacial score (nSPS) is 19.2. The van der Waals surface area contributed by atoms with E-state index in [1.165, 1.54) is 12.8 Å². The van der Waals surface area contributed by atoms with Crippen LogP contribution >= 0.6 is 0 Å². The summed E-state index contributed by atoms with van der Waals surface area (Å²) in [5.74, 6) is 1.46. The summed E-state index contributed by atoms with van der Waals surface area (Å²) in [5, 5.41) is 3.30. The fourth-order valence-electron chi connectivity index (χ4n) is 6.02. The first-order valence-corrected chi connectivity index (χ1v) is 14.0. The van der Waals surface area contributed by atoms with Gasteiger partial charge in [-0.15, -0.1) is 0 Å². The zero-order valence-corrected chi connectivity index (χ0v) is 22.0. The second-order valence-corrected chi connectivity index (χ2v) is 10.4. The number of anilines is 2. The molecule has 2 aromatic carbocycles. The average molecular weight is 505 g/mol. The molecule has 1 aliphatic carbocycles. The van der Waals surface area contributed by atoms with Gasteiger partial charge in [-0.2, -0.15) is 0 Å². The summed E-state index contributed by atoms with van der Waals surface area (Å²) in [4.78, 5) is 32.8. The van der Waals surface area contributed by atoms with E-state index in [1.807, 2.05) is 48.2 Å². The predicted molar refractivity (Wildman–Crippen MR) is 148 cm³/mol. The number of nitrogens with one attached hydrogen (secondary N) is 1. The van der Waals surface area contributed by atoms with Crippen LogP contribution in [0.25, 0.3) is 0 Å². The van der Waals surface area contributed by atoms with Crippen LogP contribution in [0.2, 0.25) is 0 Å². The Bertz CT molecular complexity index is 1070. The molecule has 1 N–H and O–H groups in total. The summed E-state index contributed by atoms with van der Waals surface area (Å²) in [5.41, 5.74) is 2.89. The smallest absolute Gasteiger partial charge is 0.256 e. The summed E-state index contributed by atoms with van der Waals surface area (Å²) in [6, 6.07) is 16.4. The minimum Gasteiger partial charge on any atom is -0.492 e. The number of para-hydroxylation sites is 3. The first-order valence-electron chi connectivity index (χ1n) is 14.0. The second-order valence-electron chi connectivity index (χ2n) is 10.4. The van der Waals surface area contributed by atoms with E-state index in [2.05, 4.69) is 27.2 Å². The first kappa shape index (κ1) is 25.4. The van der Waals surface area contributed by atoms with Crippen molar-refractivity contribution in [2.24, 2.45) is 5.92 Å². The van der Waals surface area contributed by atoms with Gasteiger partial charge in [0.25, 0.3) is 5.91 Å². The van der Waals surface area contributed by atoms with Crippen molar-refractivity contribution in [1.29, 1.82) is 0 Å². The van der Waals surface area contributed by atoms with Crippen molar-refractivity contribution < 1.29 is 14.3 Å². The van der Waals surface area contributed by atoms with Crippen molar-refractivity contribution in [1.82, 2.24) is 10.2 Å². The van der Waals surface area contributed by atoms with Crippen LogP contribution < -0.4 is 19.9 Å². The fraction of sp³-hybridized carbons (Fsp3) is 0.533. The van der Waals surface area contributed by atoms with Gasteiger partial charge in [-0.05, 0) is 56.9 Å². The van der Waals surface area contributed by atoms with E-state index in [1.54, 1.807) is 0 Å². The second kappa shape index (κ2) is 11.9. The lowest BCUT2D eigenvalue weighted by Crippen LogP contribution is -2.49. The van der Waals surface area contributed by atoms with Gasteiger partial charge < -0.3 is 24.8 Å². The molecule has 0 radical (unpaired) electrons. The Hall–Kier alpha value is -3.22. The maximum absolute atomic E-state index is 13.6. The maximum Gasteiger partial charge on any atom is 0.256 e. The van der Waals surface area contributed by atoms with Gasteiger partial charge in [0.1, 0.15) is 5.75 Å². The molecule has 2 aliphatic heterocycles. The molecule has 2 saturated heterocycles. The van der Waals surface area contributed by atoms with Crippen LogP contribution in [-0.2, 0) is 4.79 Å². The summed E-state index contributed by atoms with van der Waals surface area (Å²) in [7, 11) is 0. The number of nitrogens with zero attached hydrogens (tertiary/aromatic N) is 3. The molecule has 7 heteroatoms. The average Bonchev–Trinajstić information content (AvgIpc) is 3.49. The largest absolute Gasteiger partial charge is 0.492 e. The minimum absolute atomic E-state index is 0.102. The Morgan fingerprint density at radius 2 is 1.43 bits per heavy atom. The van der Waals surface area contributed by atoms with Gasteiger partial charge in [-0.1, -0.05) is 37.1 Å². The van der Waals surface area contributed by atoms with E-state index in [0.29, 0.717) is 19.7 Å². The lowest BCUT2D eigenvalue weighted by atomic mass is 10.0. The SMILES string of the molecule is CCOc1ccccc1N1CCN(C(=O)c2ccccc2N2CCC(NC(=O)C3CCCC3)CC2)CC1. The lowest BCUT2D eigenvalue weighted by Gasteiger charge is -2.38. The number of ether oxygens (including phenoxy) is 1. The van der Waals surface area contributed by atoms with Crippen molar-refractivity contribution in [3.63, 3.8) is 0 Å². The number of hydrogen-bond donors (Lipinski definition) is 1. The summed E-state index contributed by atoms with van der Waals surface area (Å²) < 4.78 is 5.82. The molecule has 2 amide bonds. The van der Waals surface area contributed by atoms with Crippen LogP contribution in [0.15, 0.2) is 48.5 Å². The highest BCUT2D eigenvalue weighted by molar-refractivity contribution is 6.00. The number of amides is 2. The number of rotatable bonds is 7. The zero-order chi connectivity index (χ0) is 25.6. The molecule has 3 aliphatic rings. The molecule has 0 aromatic heterocycles. The van der Waals surface area contributed by atoms with Crippen LogP contribution in [0.3, 0.4) is 0 Å². The first-order chi connectivity index (χ1) is 18.1. The van der Waals surface area contributed by atoms with Gasteiger partial charge in [-0.3, -0.25) is 9.59 Å². The maximum atomic E-state index is 13.6. The van der Waals surface area contributed by atoms with Crippen molar-refractivity contribution in [2.45, 2.75) is 51.5 Å². The highest BCUT2D eigenvalue weighted by Gasteiger charge is 2.29. The quantitative estimate of drug-likeness (QED) is 0.608. The van der Waals surface area contributed by atoms with E-state index >= 15 is 0 Å². The molecule has 0 spiro atoms. The zero-order valence-electron chi connectivity index (χ0n) is 22.0. The van der Waals surface area contributed by atoms with E-state index in [-0.39, 0.29) is 23.8 Å². The van der Waals surface area contributed by atoms with Gasteiger partial charge in [-0.25, -0.2) is 0 Å². The minimum atomic E-state index is 0.102. The van der Waals surface area contributed by atoms with E-state index in [4.69, 9.17) is 4.74 Å². The van der Waals surface area contributed by atoms with E-state index < -0.39 is 0 Å². The topological polar surface area (TPSA) is 65.1 Å². The van der Waals surface area contributed by atoms with E-state index in [0.717, 1.165) is 74.6 Å². The Labute approximate surface area is 220 Å². The third kappa shape index (κ3) is 5.86. The highest BCUT2D eigenvalue weighted by atomic mass is 16.5. The Morgan fingerprint density at radius 3 is 2.14 bits per heavy atom. The Balaban J connectivity index is 1.18. The molecule has 2 heterocycles. The third-order valence-electron chi connectivity index (χ3n) is 8.12. The summed E-state index contributed by atoms with van der Waals surface area (Å²) in [6.45, 7) is 7.26. The summed E-state index contributed by atoms with van der Waals surface area (Å²) in [6.07, 6.45) is 6.26. The van der Waals surface area contributed by atoms with Crippen LogP contribution in [0, 0.1) is 5.92 Å². The Kier molecular flexibility index (Phi) is 8.17. The van der Waals surface area contributed by atoms with E-state index in [9.17, 15) is 9.59 Å². The molecule has 3 fully saturated rings. The highest BCUT2D eigenvalue weighted by Crippen LogP contribution is 2.30. The molecule has 2 aromatic rings. The molecule has 7 nitrogen and oxygen atoms in total. The predicted octanol–water partition coefficient (Wildman–Crippen LogP) is 4.32.